The number of nitrogens with zero attached hydrogens (tertiary/aromatic N) is 2. The summed E-state index contributed by atoms with van der Waals surface area (Å²) in [5, 5.41) is 3.27. The van der Waals surface area contributed by atoms with Gasteiger partial charge in [-0.25, -0.2) is 4.98 Å². The highest BCUT2D eigenvalue weighted by molar-refractivity contribution is 5.79. The number of anilines is 1. The summed E-state index contributed by atoms with van der Waals surface area (Å²) in [7, 11) is 0. The lowest BCUT2D eigenvalue weighted by Crippen LogP contribution is -2.40. The zero-order valence-corrected chi connectivity index (χ0v) is 18.2. The molecule has 2 heterocycles. The molecule has 1 fully saturated rings. The van der Waals surface area contributed by atoms with Gasteiger partial charge in [0.15, 0.2) is 18.4 Å². The summed E-state index contributed by atoms with van der Waals surface area (Å²) in [6.07, 6.45) is -3.66. The Bertz CT molecular complexity index is 971. The van der Waals surface area contributed by atoms with Crippen LogP contribution in [-0.4, -0.2) is 58.4 Å². The molecule has 168 valence electrons. The van der Waals surface area contributed by atoms with Crippen molar-refractivity contribution in [2.45, 2.75) is 65.2 Å². The molecule has 0 saturated carbocycles. The number of para-hydroxylation sites is 2. The Hall–Kier alpha value is -3.14. The van der Waals surface area contributed by atoms with Gasteiger partial charge in [-0.3, -0.25) is 19.0 Å². The maximum Gasteiger partial charge on any atom is 0.303 e. The number of rotatable bonds is 7. The van der Waals surface area contributed by atoms with Crippen LogP contribution in [-0.2, 0) is 33.3 Å². The number of carbonyl (C=O) groups excluding carboxylic acids is 3. The van der Waals surface area contributed by atoms with Crippen LogP contribution in [0.3, 0.4) is 0 Å². The summed E-state index contributed by atoms with van der Waals surface area (Å²) in [6.45, 7) is 7.55. The molecular weight excluding hydrogens is 406 g/mol. The summed E-state index contributed by atoms with van der Waals surface area (Å²) in [4.78, 5) is 39.7. The highest BCUT2D eigenvalue weighted by atomic mass is 16.7. The lowest BCUT2D eigenvalue weighted by Gasteiger charge is -2.25. The van der Waals surface area contributed by atoms with Crippen LogP contribution < -0.4 is 5.32 Å². The average Bonchev–Trinajstić information content (AvgIpc) is 3.16. The lowest BCUT2D eigenvalue weighted by atomic mass is 10.1. The molecule has 0 aliphatic carbocycles. The predicted octanol–water partition coefficient (Wildman–Crippen LogP) is 2.18. The molecule has 1 aliphatic heterocycles. The van der Waals surface area contributed by atoms with E-state index in [9.17, 15) is 14.4 Å². The zero-order valence-electron chi connectivity index (χ0n) is 18.2. The number of nitrogens with one attached hydrogen (secondary N) is 1. The second-order valence-electron chi connectivity index (χ2n) is 7.61. The Morgan fingerprint density at radius 1 is 1.06 bits per heavy atom. The fourth-order valence-electron chi connectivity index (χ4n) is 3.56. The molecule has 4 atom stereocenters. The molecule has 1 aromatic heterocycles. The Morgan fingerprint density at radius 2 is 1.71 bits per heavy atom. The molecule has 0 spiro atoms. The van der Waals surface area contributed by atoms with Crippen LogP contribution >= 0.6 is 0 Å². The molecule has 1 N–H and O–H groups in total. The fourth-order valence-corrected chi connectivity index (χ4v) is 3.56. The van der Waals surface area contributed by atoms with Gasteiger partial charge in [-0.05, 0) is 26.0 Å². The highest BCUT2D eigenvalue weighted by Crippen LogP contribution is 2.38. The van der Waals surface area contributed by atoms with Crippen LogP contribution in [0, 0.1) is 0 Å². The van der Waals surface area contributed by atoms with Gasteiger partial charge in [0.25, 0.3) is 0 Å². The van der Waals surface area contributed by atoms with Gasteiger partial charge < -0.3 is 24.3 Å². The number of esters is 3. The molecule has 1 aromatic carbocycles. The molecule has 2 aromatic rings. The van der Waals surface area contributed by atoms with Crippen molar-refractivity contribution in [3.63, 3.8) is 0 Å². The van der Waals surface area contributed by atoms with Crippen molar-refractivity contribution >= 4 is 34.9 Å². The van der Waals surface area contributed by atoms with Gasteiger partial charge in [0.2, 0.25) is 5.95 Å². The van der Waals surface area contributed by atoms with Crippen LogP contribution in [0.4, 0.5) is 5.95 Å². The minimum absolute atomic E-state index is 0.0604. The molecule has 1 aliphatic rings. The van der Waals surface area contributed by atoms with Crippen molar-refractivity contribution in [2.75, 3.05) is 11.9 Å². The number of fused-ring (bicyclic) bond motifs is 1. The molecule has 10 heteroatoms. The van der Waals surface area contributed by atoms with Crippen LogP contribution in [0.5, 0.6) is 0 Å². The molecule has 1 saturated heterocycles. The van der Waals surface area contributed by atoms with Gasteiger partial charge in [-0.15, -0.1) is 0 Å². The number of hydrogen-bond donors (Lipinski definition) is 1. The highest BCUT2D eigenvalue weighted by Gasteiger charge is 2.51. The number of carbonyl (C=O) groups is 3. The van der Waals surface area contributed by atoms with Crippen molar-refractivity contribution < 1.29 is 33.3 Å². The van der Waals surface area contributed by atoms with Gasteiger partial charge in [0.05, 0.1) is 11.0 Å². The first kappa shape index (κ1) is 22.5. The third kappa shape index (κ3) is 5.13. The summed E-state index contributed by atoms with van der Waals surface area (Å²) in [6, 6.07) is 7.50. The third-order valence-electron chi connectivity index (χ3n) is 4.61. The summed E-state index contributed by atoms with van der Waals surface area (Å²) in [5.74, 6) is -1.14. The normalized spacial score (nSPS) is 23.0. The van der Waals surface area contributed by atoms with Crippen molar-refractivity contribution in [3.05, 3.63) is 24.3 Å². The predicted molar refractivity (Wildman–Crippen MR) is 110 cm³/mol. The van der Waals surface area contributed by atoms with Crippen molar-refractivity contribution in [1.29, 1.82) is 0 Å². The quantitative estimate of drug-likeness (QED) is 0.518. The van der Waals surface area contributed by atoms with E-state index in [0.29, 0.717) is 11.5 Å². The van der Waals surface area contributed by atoms with Crippen LogP contribution in [0.25, 0.3) is 11.0 Å². The first-order chi connectivity index (χ1) is 14.7. The molecule has 3 rings (SSSR count). The van der Waals surface area contributed by atoms with E-state index in [4.69, 9.17) is 18.9 Å². The monoisotopic (exact) mass is 433 g/mol. The fraction of sp³-hybridized carbons (Fsp3) is 0.524. The number of aromatic nitrogens is 2. The van der Waals surface area contributed by atoms with Crippen molar-refractivity contribution in [1.82, 2.24) is 9.55 Å². The average molecular weight is 433 g/mol. The molecule has 0 amide bonds. The summed E-state index contributed by atoms with van der Waals surface area (Å²) < 4.78 is 24.0. The maximum atomic E-state index is 11.9. The molecule has 0 radical (unpaired) electrons. The van der Waals surface area contributed by atoms with Gasteiger partial charge >= 0.3 is 17.9 Å². The van der Waals surface area contributed by atoms with Crippen LogP contribution in [0.15, 0.2) is 24.3 Å². The molecule has 0 unspecified atom stereocenters. The topological polar surface area (TPSA) is 118 Å². The maximum absolute atomic E-state index is 11.9. The van der Waals surface area contributed by atoms with E-state index < -0.39 is 42.4 Å². The van der Waals surface area contributed by atoms with E-state index in [1.807, 2.05) is 38.1 Å². The number of hydrogen-bond acceptors (Lipinski definition) is 9. The standard InChI is InChI=1S/C21H27N3O7/c1-11(2)22-21-23-15-8-6-7-9-16(15)24(21)20-19(30-14(5)27)18(29-13(4)26)17(31-20)10-28-12(3)25/h6-9,11,17-20H,10H2,1-5H3,(H,22,23)/t17-,18-,19-,20-/m0/s1. The van der Waals surface area contributed by atoms with Gasteiger partial charge in [-0.2, -0.15) is 0 Å². The largest absolute Gasteiger partial charge is 0.463 e. The minimum Gasteiger partial charge on any atom is -0.463 e. The first-order valence-electron chi connectivity index (χ1n) is 10.0. The number of benzene rings is 1. The minimum atomic E-state index is -0.979. The van der Waals surface area contributed by atoms with E-state index in [1.54, 1.807) is 4.57 Å². The van der Waals surface area contributed by atoms with Gasteiger partial charge in [0, 0.05) is 26.8 Å². The van der Waals surface area contributed by atoms with Crippen molar-refractivity contribution in [3.8, 4) is 0 Å². The number of ether oxygens (including phenoxy) is 4. The summed E-state index contributed by atoms with van der Waals surface area (Å²) in [5.41, 5.74) is 1.45. The second kappa shape index (κ2) is 9.34. The Labute approximate surface area is 179 Å². The van der Waals surface area contributed by atoms with E-state index in [-0.39, 0.29) is 12.6 Å². The molecular formula is C21H27N3O7. The SMILES string of the molecule is CC(=O)OC[C@@H]1O[C@H](n2c(NC(C)C)nc3ccccc32)[C@@H](OC(C)=O)[C@H]1OC(C)=O. The Morgan fingerprint density at radius 3 is 2.32 bits per heavy atom. The zero-order chi connectivity index (χ0) is 22.7. The Kier molecular flexibility index (Phi) is 6.79. The molecule has 31 heavy (non-hydrogen) atoms. The van der Waals surface area contributed by atoms with Crippen LogP contribution in [0.2, 0.25) is 0 Å². The van der Waals surface area contributed by atoms with E-state index in [1.165, 1.54) is 20.8 Å². The lowest BCUT2D eigenvalue weighted by molar-refractivity contribution is -0.166. The number of imidazole rings is 1. The van der Waals surface area contributed by atoms with E-state index in [0.717, 1.165) is 5.52 Å². The first-order valence-corrected chi connectivity index (χ1v) is 10.0. The van der Waals surface area contributed by atoms with Gasteiger partial charge in [0.1, 0.15) is 12.7 Å². The molecule has 10 nitrogen and oxygen atoms in total. The van der Waals surface area contributed by atoms with Gasteiger partial charge in [-0.1, -0.05) is 12.1 Å². The van der Waals surface area contributed by atoms with Crippen LogP contribution in [0.1, 0.15) is 40.8 Å². The van der Waals surface area contributed by atoms with E-state index >= 15 is 0 Å². The summed E-state index contributed by atoms with van der Waals surface area (Å²) >= 11 is 0. The smallest absolute Gasteiger partial charge is 0.303 e. The third-order valence-corrected chi connectivity index (χ3v) is 4.61. The van der Waals surface area contributed by atoms with Crippen molar-refractivity contribution in [2.24, 2.45) is 0 Å². The second-order valence-corrected chi connectivity index (χ2v) is 7.61. The molecule has 0 bridgehead atoms. The van der Waals surface area contributed by atoms with E-state index in [2.05, 4.69) is 10.3 Å². The Balaban J connectivity index is 2.09.